The highest BCUT2D eigenvalue weighted by Crippen LogP contribution is 2.30. The van der Waals surface area contributed by atoms with Gasteiger partial charge in [-0.1, -0.05) is 0 Å². The van der Waals surface area contributed by atoms with Crippen LogP contribution in [-0.4, -0.2) is 43.7 Å². The fourth-order valence-corrected chi connectivity index (χ4v) is 2.89. The minimum Gasteiger partial charge on any atom is -0.480 e. The van der Waals surface area contributed by atoms with Gasteiger partial charge in [-0.2, -0.15) is 5.10 Å². The van der Waals surface area contributed by atoms with Crippen molar-refractivity contribution in [1.82, 2.24) is 14.7 Å². The van der Waals surface area contributed by atoms with Crippen LogP contribution >= 0.6 is 0 Å². The van der Waals surface area contributed by atoms with Gasteiger partial charge in [0.1, 0.15) is 5.54 Å². The Morgan fingerprint density at radius 3 is 2.45 bits per heavy atom. The number of rotatable bonds is 2. The van der Waals surface area contributed by atoms with Crippen molar-refractivity contribution in [3.8, 4) is 0 Å². The number of carbonyl (C=O) groups is 2. The van der Waals surface area contributed by atoms with Crippen molar-refractivity contribution in [2.75, 3.05) is 6.54 Å². The van der Waals surface area contributed by atoms with Crippen molar-refractivity contribution >= 4 is 11.9 Å². The van der Waals surface area contributed by atoms with Gasteiger partial charge in [-0.3, -0.25) is 9.48 Å². The number of piperidine rings is 1. The Hall–Kier alpha value is -1.85. The molecule has 1 aliphatic rings. The van der Waals surface area contributed by atoms with Gasteiger partial charge < -0.3 is 10.0 Å². The summed E-state index contributed by atoms with van der Waals surface area (Å²) in [6.07, 6.45) is 2.16. The number of carboxylic acid groups (broad SMARTS) is 1. The van der Waals surface area contributed by atoms with E-state index >= 15 is 0 Å². The van der Waals surface area contributed by atoms with E-state index < -0.39 is 11.5 Å². The Morgan fingerprint density at radius 2 is 1.95 bits per heavy atom. The summed E-state index contributed by atoms with van der Waals surface area (Å²) in [6.45, 7) is 5.72. The second-order valence-electron chi connectivity index (χ2n) is 5.66. The summed E-state index contributed by atoms with van der Waals surface area (Å²) in [5.41, 5.74) is 0.824. The smallest absolute Gasteiger partial charge is 0.329 e. The van der Waals surface area contributed by atoms with Crippen LogP contribution in [-0.2, 0) is 11.8 Å². The third-order valence-corrected chi connectivity index (χ3v) is 4.32. The van der Waals surface area contributed by atoms with Crippen LogP contribution < -0.4 is 0 Å². The monoisotopic (exact) mass is 279 g/mol. The highest BCUT2D eigenvalue weighted by molar-refractivity contribution is 5.99. The topological polar surface area (TPSA) is 75.4 Å². The predicted octanol–water partition coefficient (Wildman–Crippen LogP) is 1.51. The van der Waals surface area contributed by atoms with Gasteiger partial charge in [0.2, 0.25) is 0 Å². The molecule has 1 aliphatic heterocycles. The van der Waals surface area contributed by atoms with Gasteiger partial charge in [-0.05, 0) is 40.0 Å². The molecule has 0 saturated carbocycles. The zero-order valence-electron chi connectivity index (χ0n) is 12.4. The number of aryl methyl sites for hydroxylation is 2. The summed E-state index contributed by atoms with van der Waals surface area (Å²) >= 11 is 0. The lowest BCUT2D eigenvalue weighted by molar-refractivity contribution is -0.150. The number of carbonyl (C=O) groups excluding carboxylic acids is 1. The molecular weight excluding hydrogens is 258 g/mol. The molecule has 20 heavy (non-hydrogen) atoms. The van der Waals surface area contributed by atoms with Crippen LogP contribution in [0.2, 0.25) is 0 Å². The van der Waals surface area contributed by atoms with Gasteiger partial charge in [0.25, 0.3) is 5.91 Å². The van der Waals surface area contributed by atoms with Crippen molar-refractivity contribution in [2.45, 2.75) is 45.6 Å². The molecule has 1 N–H and O–H groups in total. The van der Waals surface area contributed by atoms with Gasteiger partial charge >= 0.3 is 5.97 Å². The van der Waals surface area contributed by atoms with E-state index in [9.17, 15) is 14.7 Å². The minimum absolute atomic E-state index is 0.224. The normalized spacial score (nSPS) is 22.9. The number of amides is 1. The van der Waals surface area contributed by atoms with Crippen molar-refractivity contribution < 1.29 is 14.7 Å². The molecule has 0 bridgehead atoms. The molecule has 6 nitrogen and oxygen atoms in total. The summed E-state index contributed by atoms with van der Waals surface area (Å²) in [7, 11) is 1.78. The van der Waals surface area contributed by atoms with E-state index in [0.717, 1.165) is 18.5 Å². The molecule has 1 amide bonds. The largest absolute Gasteiger partial charge is 0.480 e. The molecule has 0 aliphatic carbocycles. The number of aromatic nitrogens is 2. The van der Waals surface area contributed by atoms with Crippen LogP contribution in [0.25, 0.3) is 0 Å². The van der Waals surface area contributed by atoms with Crippen molar-refractivity contribution in [3.63, 3.8) is 0 Å². The van der Waals surface area contributed by atoms with Crippen molar-refractivity contribution in [3.05, 3.63) is 17.0 Å². The highest BCUT2D eigenvalue weighted by Gasteiger charge is 2.45. The van der Waals surface area contributed by atoms with Crippen LogP contribution in [0.4, 0.5) is 0 Å². The first kappa shape index (κ1) is 14.6. The lowest BCUT2D eigenvalue weighted by atomic mass is 9.87. The minimum atomic E-state index is -1.12. The lowest BCUT2D eigenvalue weighted by Crippen LogP contribution is -2.57. The molecule has 110 valence electrons. The van der Waals surface area contributed by atoms with Crippen LogP contribution in [0.3, 0.4) is 0 Å². The second-order valence-corrected chi connectivity index (χ2v) is 5.66. The van der Waals surface area contributed by atoms with Gasteiger partial charge in [0.15, 0.2) is 0 Å². The summed E-state index contributed by atoms with van der Waals surface area (Å²) in [6, 6.07) is 0. The van der Waals surface area contributed by atoms with Crippen LogP contribution in [0, 0.1) is 13.8 Å². The zero-order valence-corrected chi connectivity index (χ0v) is 12.4. The first-order valence-corrected chi connectivity index (χ1v) is 6.84. The van der Waals surface area contributed by atoms with E-state index in [1.807, 2.05) is 6.92 Å². The lowest BCUT2D eigenvalue weighted by Gasteiger charge is -2.41. The molecule has 1 aromatic rings. The SMILES string of the molecule is Cc1nn(C)c(C)c1C(=O)N1CCCCC1(C)C(=O)O. The van der Waals surface area contributed by atoms with Gasteiger partial charge in [0.05, 0.1) is 11.3 Å². The Labute approximate surface area is 118 Å². The third-order valence-electron chi connectivity index (χ3n) is 4.32. The van der Waals surface area contributed by atoms with Gasteiger partial charge in [-0.15, -0.1) is 0 Å². The Morgan fingerprint density at radius 1 is 1.30 bits per heavy atom. The third kappa shape index (κ3) is 2.09. The number of nitrogens with zero attached hydrogens (tertiary/aromatic N) is 3. The molecule has 6 heteroatoms. The second kappa shape index (κ2) is 4.92. The Bertz CT molecular complexity index is 564. The highest BCUT2D eigenvalue weighted by atomic mass is 16.4. The van der Waals surface area contributed by atoms with E-state index in [1.165, 1.54) is 4.90 Å². The van der Waals surface area contributed by atoms with Gasteiger partial charge in [-0.25, -0.2) is 4.79 Å². The molecule has 2 rings (SSSR count). The zero-order chi connectivity index (χ0) is 15.1. The van der Waals surface area contributed by atoms with Crippen LogP contribution in [0.5, 0.6) is 0 Å². The molecular formula is C14H21N3O3. The molecule has 0 aromatic carbocycles. The number of likely N-dealkylation sites (tertiary alicyclic amines) is 1. The average molecular weight is 279 g/mol. The van der Waals surface area contributed by atoms with E-state index in [4.69, 9.17) is 0 Å². The van der Waals surface area contributed by atoms with E-state index in [-0.39, 0.29) is 5.91 Å². The van der Waals surface area contributed by atoms with Crippen molar-refractivity contribution in [1.29, 1.82) is 0 Å². The van der Waals surface area contributed by atoms with Gasteiger partial charge in [0, 0.05) is 19.3 Å². The predicted molar refractivity (Wildman–Crippen MR) is 73.6 cm³/mol. The summed E-state index contributed by atoms with van der Waals surface area (Å²) in [5, 5.41) is 13.7. The van der Waals surface area contributed by atoms with Crippen molar-refractivity contribution in [2.24, 2.45) is 7.05 Å². The number of aliphatic carboxylic acids is 1. The molecule has 1 fully saturated rings. The van der Waals surface area contributed by atoms with Crippen LogP contribution in [0.15, 0.2) is 0 Å². The molecule has 1 aromatic heterocycles. The fraction of sp³-hybridized carbons (Fsp3) is 0.643. The number of carboxylic acids is 1. The molecule has 2 heterocycles. The van der Waals surface area contributed by atoms with E-state index in [0.29, 0.717) is 24.2 Å². The first-order chi connectivity index (χ1) is 9.29. The molecule has 0 radical (unpaired) electrons. The van der Waals surface area contributed by atoms with E-state index in [2.05, 4.69) is 5.10 Å². The molecule has 0 spiro atoms. The fourth-order valence-electron chi connectivity index (χ4n) is 2.89. The standard InChI is InChI=1S/C14H21N3O3/c1-9-11(10(2)16(4)15-9)12(18)17-8-6-5-7-14(17,3)13(19)20/h5-8H2,1-4H3,(H,19,20). The Kier molecular flexibility index (Phi) is 3.58. The number of hydrogen-bond acceptors (Lipinski definition) is 3. The maximum absolute atomic E-state index is 12.8. The summed E-state index contributed by atoms with van der Waals surface area (Å²) in [5.74, 6) is -1.16. The molecule has 1 saturated heterocycles. The first-order valence-electron chi connectivity index (χ1n) is 6.84. The number of hydrogen-bond donors (Lipinski definition) is 1. The average Bonchev–Trinajstić information content (AvgIpc) is 2.63. The van der Waals surface area contributed by atoms with E-state index in [1.54, 1.807) is 25.6 Å². The maximum Gasteiger partial charge on any atom is 0.329 e. The Balaban J connectivity index is 2.43. The summed E-state index contributed by atoms with van der Waals surface area (Å²) < 4.78 is 1.66. The molecule has 1 atom stereocenters. The van der Waals surface area contributed by atoms with Crippen LogP contribution in [0.1, 0.15) is 47.9 Å². The quantitative estimate of drug-likeness (QED) is 0.890. The maximum atomic E-state index is 12.8. The molecule has 1 unspecified atom stereocenters. The summed E-state index contributed by atoms with van der Waals surface area (Å²) in [4.78, 5) is 25.9.